The molecule has 0 aliphatic carbocycles. The number of aryl methyl sites for hydroxylation is 1. The van der Waals surface area contributed by atoms with Crippen LogP contribution in [0.25, 0.3) is 11.1 Å². The van der Waals surface area contributed by atoms with Crippen LogP contribution in [0.4, 0.5) is 16.2 Å². The van der Waals surface area contributed by atoms with Crippen LogP contribution in [0.1, 0.15) is 22.3 Å². The Kier molecular flexibility index (Phi) is 12.5. The summed E-state index contributed by atoms with van der Waals surface area (Å²) in [6.45, 7) is 4.20. The number of methoxy groups -OCH3 is 1. The molecule has 3 amide bonds. The van der Waals surface area contributed by atoms with Gasteiger partial charge in [-0.05, 0) is 73.0 Å². The molecule has 0 saturated carbocycles. The molecule has 0 atom stereocenters. The minimum Gasteiger partial charge on any atom is -0.496 e. The van der Waals surface area contributed by atoms with Crippen LogP contribution < -0.4 is 20.5 Å². The van der Waals surface area contributed by atoms with Gasteiger partial charge >= 0.3 is 6.03 Å². The van der Waals surface area contributed by atoms with Crippen molar-refractivity contribution in [1.29, 1.82) is 0 Å². The molecular formula is C36H40N6O7S2. The largest absolute Gasteiger partial charge is 0.496 e. The van der Waals surface area contributed by atoms with Gasteiger partial charge in [-0.2, -0.15) is 0 Å². The van der Waals surface area contributed by atoms with Gasteiger partial charge in [0.25, 0.3) is 21.6 Å². The van der Waals surface area contributed by atoms with E-state index in [2.05, 4.69) is 10.2 Å². The molecule has 1 heterocycles. The second kappa shape index (κ2) is 17.2. The Morgan fingerprint density at radius 2 is 1.69 bits per heavy atom. The summed E-state index contributed by atoms with van der Waals surface area (Å²) in [5.74, 6) is 0.425. The van der Waals surface area contributed by atoms with Gasteiger partial charge in [0.15, 0.2) is 0 Å². The predicted octanol–water partition coefficient (Wildman–Crippen LogP) is 5.22. The number of ether oxygens (including phenoxy) is 1. The number of nitro groups is 1. The summed E-state index contributed by atoms with van der Waals surface area (Å²) in [4.78, 5) is 40.1. The third-order valence-electron chi connectivity index (χ3n) is 8.48. The summed E-state index contributed by atoms with van der Waals surface area (Å²) in [7, 11) is -2.83. The molecule has 5 rings (SSSR count). The normalized spacial score (nSPS) is 13.4. The zero-order chi connectivity index (χ0) is 36.4. The van der Waals surface area contributed by atoms with Crippen LogP contribution in [0.15, 0.2) is 101 Å². The van der Waals surface area contributed by atoms with Crippen molar-refractivity contribution in [2.24, 2.45) is 5.73 Å². The molecule has 1 fully saturated rings. The van der Waals surface area contributed by atoms with Crippen LogP contribution >= 0.6 is 11.8 Å². The quantitative estimate of drug-likeness (QED) is 0.0636. The number of primary amides is 1. The molecule has 1 aliphatic heterocycles. The Bertz CT molecular complexity index is 1950. The molecule has 4 N–H and O–H groups in total. The second-order valence-corrected chi connectivity index (χ2v) is 14.7. The molecule has 51 heavy (non-hydrogen) atoms. The number of nitrogens with one attached hydrogen (secondary N) is 2. The van der Waals surface area contributed by atoms with Crippen molar-refractivity contribution >= 4 is 45.1 Å². The van der Waals surface area contributed by atoms with Crippen LogP contribution in [-0.4, -0.2) is 87.2 Å². The number of hydrogen-bond acceptors (Lipinski definition) is 10. The average molecular weight is 733 g/mol. The van der Waals surface area contributed by atoms with Gasteiger partial charge in [0, 0.05) is 60.6 Å². The molecule has 0 spiro atoms. The number of hydrogen-bond donors (Lipinski definition) is 3. The Labute approximate surface area is 301 Å². The standard InChI is InChI=1S/C36H40N6O7S2/c1-49-34-24-26(6-5-18-40-19-21-41(22-20-40)36(37)44)9-15-31(34)27-10-12-28(13-11-27)35(43)39-51(47,48)30-14-16-32(33(25-30)42(45)46)38-17-23-50-29-7-3-2-4-8-29/h2-4,7-16,24-25,38H,5-6,17-23H2,1H3,(H2,37,44)(H,39,43). The highest BCUT2D eigenvalue weighted by Gasteiger charge is 2.24. The lowest BCUT2D eigenvalue weighted by molar-refractivity contribution is -0.384. The van der Waals surface area contributed by atoms with Gasteiger partial charge in [-0.1, -0.05) is 42.5 Å². The zero-order valence-corrected chi connectivity index (χ0v) is 29.8. The summed E-state index contributed by atoms with van der Waals surface area (Å²) in [5, 5.41) is 14.8. The monoisotopic (exact) mass is 732 g/mol. The molecule has 13 nitrogen and oxygen atoms in total. The number of sulfonamides is 1. The third-order valence-corrected chi connectivity index (χ3v) is 10.8. The first-order valence-electron chi connectivity index (χ1n) is 16.4. The number of nitrogens with zero attached hydrogens (tertiary/aromatic N) is 3. The summed E-state index contributed by atoms with van der Waals surface area (Å²) >= 11 is 1.58. The highest BCUT2D eigenvalue weighted by Crippen LogP contribution is 2.32. The first-order valence-corrected chi connectivity index (χ1v) is 18.8. The Morgan fingerprint density at radius 1 is 0.961 bits per heavy atom. The molecule has 1 saturated heterocycles. The Balaban J connectivity index is 1.17. The lowest BCUT2D eigenvalue weighted by Crippen LogP contribution is -2.50. The fourth-order valence-electron chi connectivity index (χ4n) is 5.72. The van der Waals surface area contributed by atoms with E-state index in [-0.39, 0.29) is 17.3 Å². The number of amides is 3. The van der Waals surface area contributed by atoms with E-state index < -0.39 is 31.4 Å². The highest BCUT2D eigenvalue weighted by molar-refractivity contribution is 7.99. The molecule has 4 aromatic rings. The Hall–Kier alpha value is -5.12. The van der Waals surface area contributed by atoms with E-state index in [1.54, 1.807) is 35.9 Å². The minimum atomic E-state index is -4.42. The molecule has 0 bridgehead atoms. The van der Waals surface area contributed by atoms with Crippen LogP contribution in [-0.2, 0) is 16.4 Å². The molecule has 268 valence electrons. The lowest BCUT2D eigenvalue weighted by Gasteiger charge is -2.33. The van der Waals surface area contributed by atoms with Crippen molar-refractivity contribution in [3.8, 4) is 16.9 Å². The highest BCUT2D eigenvalue weighted by atomic mass is 32.2. The van der Waals surface area contributed by atoms with Gasteiger partial charge in [-0.3, -0.25) is 19.8 Å². The molecule has 0 aromatic heterocycles. The lowest BCUT2D eigenvalue weighted by atomic mass is 9.99. The van der Waals surface area contributed by atoms with Crippen molar-refractivity contribution in [2.45, 2.75) is 22.6 Å². The van der Waals surface area contributed by atoms with Crippen LogP contribution in [0, 0.1) is 10.1 Å². The number of rotatable bonds is 15. The maximum atomic E-state index is 13.1. The first-order chi connectivity index (χ1) is 24.5. The number of carbonyl (C=O) groups excluding carboxylic acids is 2. The maximum Gasteiger partial charge on any atom is 0.314 e. The average Bonchev–Trinajstić information content (AvgIpc) is 3.13. The van der Waals surface area contributed by atoms with E-state index in [0.717, 1.165) is 60.1 Å². The summed E-state index contributed by atoms with van der Waals surface area (Å²) in [6, 6.07) is 25.2. The van der Waals surface area contributed by atoms with E-state index in [4.69, 9.17) is 10.5 Å². The van der Waals surface area contributed by atoms with Gasteiger partial charge in [0.2, 0.25) is 0 Å². The van der Waals surface area contributed by atoms with Crippen molar-refractivity contribution in [3.63, 3.8) is 0 Å². The fourth-order valence-corrected chi connectivity index (χ4v) is 7.50. The van der Waals surface area contributed by atoms with Crippen molar-refractivity contribution in [2.75, 3.05) is 57.4 Å². The number of carbonyl (C=O) groups is 2. The van der Waals surface area contributed by atoms with Gasteiger partial charge < -0.3 is 20.7 Å². The number of nitrogens with two attached hydrogens (primary N) is 1. The van der Waals surface area contributed by atoms with Gasteiger partial charge in [-0.25, -0.2) is 17.9 Å². The van der Waals surface area contributed by atoms with Gasteiger partial charge in [0.05, 0.1) is 16.9 Å². The first kappa shape index (κ1) is 37.1. The number of thioether (sulfide) groups is 1. The number of anilines is 1. The van der Waals surface area contributed by atoms with E-state index >= 15 is 0 Å². The van der Waals surface area contributed by atoms with Crippen molar-refractivity contribution < 1.29 is 27.7 Å². The fraction of sp³-hybridized carbons (Fsp3) is 0.278. The molecule has 0 unspecified atom stereocenters. The number of benzene rings is 4. The third kappa shape index (κ3) is 9.99. The summed E-state index contributed by atoms with van der Waals surface area (Å²) in [5.41, 5.74) is 7.91. The molecule has 0 radical (unpaired) electrons. The number of nitro benzene ring substituents is 1. The maximum absolute atomic E-state index is 13.1. The molecule has 15 heteroatoms. The molecular weight excluding hydrogens is 693 g/mol. The van der Waals surface area contributed by atoms with Crippen LogP contribution in [0.3, 0.4) is 0 Å². The van der Waals surface area contributed by atoms with Crippen LogP contribution in [0.5, 0.6) is 5.75 Å². The Morgan fingerprint density at radius 3 is 2.35 bits per heavy atom. The van der Waals surface area contributed by atoms with Crippen molar-refractivity contribution in [3.05, 3.63) is 112 Å². The smallest absolute Gasteiger partial charge is 0.314 e. The van der Waals surface area contributed by atoms with Gasteiger partial charge in [0.1, 0.15) is 11.4 Å². The molecule has 4 aromatic carbocycles. The topological polar surface area (TPSA) is 177 Å². The van der Waals surface area contributed by atoms with E-state index in [9.17, 15) is 28.1 Å². The summed E-state index contributed by atoms with van der Waals surface area (Å²) in [6.07, 6.45) is 1.78. The zero-order valence-electron chi connectivity index (χ0n) is 28.1. The predicted molar refractivity (Wildman–Crippen MR) is 198 cm³/mol. The minimum absolute atomic E-state index is 0.0956. The van der Waals surface area contributed by atoms with E-state index in [0.29, 0.717) is 31.1 Å². The number of urea groups is 1. The summed E-state index contributed by atoms with van der Waals surface area (Å²) < 4.78 is 33.9. The second-order valence-electron chi connectivity index (χ2n) is 11.8. The SMILES string of the molecule is COc1cc(CCCN2CCN(C(N)=O)CC2)ccc1-c1ccc(C(=O)NS(=O)(=O)c2ccc(NCCSc3ccccc3)c([N+](=O)[O-])c2)cc1. The van der Waals surface area contributed by atoms with E-state index in [1.165, 1.54) is 24.3 Å². The van der Waals surface area contributed by atoms with Crippen LogP contribution in [0.2, 0.25) is 0 Å². The number of piperazine rings is 1. The molecule has 1 aliphatic rings. The van der Waals surface area contributed by atoms with E-state index in [1.807, 2.05) is 53.3 Å². The van der Waals surface area contributed by atoms with Gasteiger partial charge in [-0.15, -0.1) is 11.8 Å². The van der Waals surface area contributed by atoms with Crippen molar-refractivity contribution in [1.82, 2.24) is 14.5 Å².